The third kappa shape index (κ3) is 3.58. The molecular weight excluding hydrogens is 231 g/mol. The van der Waals surface area contributed by atoms with Crippen LogP contribution in [0, 0.1) is 0 Å². The number of aromatic nitrogens is 1. The second-order valence-electron chi connectivity index (χ2n) is 3.18. The standard InChI is InChI=1S/C9H9ClF3NO/c1-5(2)15-8-4-6(9(11,12)13)3-7(10)14-8/h3-5H,1-2H3. The topological polar surface area (TPSA) is 22.1 Å². The van der Waals surface area contributed by atoms with Crippen molar-refractivity contribution in [3.8, 4) is 5.88 Å². The van der Waals surface area contributed by atoms with E-state index in [0.717, 1.165) is 12.1 Å². The van der Waals surface area contributed by atoms with E-state index in [0.29, 0.717) is 0 Å². The van der Waals surface area contributed by atoms with Gasteiger partial charge in [-0.25, -0.2) is 4.98 Å². The van der Waals surface area contributed by atoms with E-state index in [9.17, 15) is 13.2 Å². The molecule has 1 aromatic rings. The predicted octanol–water partition coefficient (Wildman–Crippen LogP) is 3.54. The van der Waals surface area contributed by atoms with E-state index in [2.05, 4.69) is 4.98 Å². The molecule has 0 unspecified atom stereocenters. The number of halogens is 4. The van der Waals surface area contributed by atoms with E-state index in [-0.39, 0.29) is 17.1 Å². The molecule has 1 aromatic heterocycles. The maximum atomic E-state index is 12.3. The largest absolute Gasteiger partial charge is 0.475 e. The van der Waals surface area contributed by atoms with Crippen molar-refractivity contribution in [2.24, 2.45) is 0 Å². The summed E-state index contributed by atoms with van der Waals surface area (Å²) in [4.78, 5) is 3.63. The third-order valence-corrected chi connectivity index (χ3v) is 1.65. The van der Waals surface area contributed by atoms with E-state index in [1.165, 1.54) is 0 Å². The summed E-state index contributed by atoms with van der Waals surface area (Å²) in [6, 6.07) is 1.58. The zero-order chi connectivity index (χ0) is 11.6. The Morgan fingerprint density at radius 1 is 1.33 bits per heavy atom. The minimum absolute atomic E-state index is 0.121. The van der Waals surface area contributed by atoms with Crippen LogP contribution in [0.5, 0.6) is 5.88 Å². The molecule has 0 spiro atoms. The van der Waals surface area contributed by atoms with Crippen molar-refractivity contribution in [2.75, 3.05) is 0 Å². The lowest BCUT2D eigenvalue weighted by Gasteiger charge is -2.12. The van der Waals surface area contributed by atoms with Crippen LogP contribution in [0.15, 0.2) is 12.1 Å². The monoisotopic (exact) mass is 239 g/mol. The van der Waals surface area contributed by atoms with Crippen LogP contribution in [0.4, 0.5) is 13.2 Å². The SMILES string of the molecule is CC(C)Oc1cc(C(F)(F)F)cc(Cl)n1. The highest BCUT2D eigenvalue weighted by Gasteiger charge is 2.31. The number of hydrogen-bond acceptors (Lipinski definition) is 2. The number of rotatable bonds is 2. The number of hydrogen-bond donors (Lipinski definition) is 0. The van der Waals surface area contributed by atoms with E-state index in [1.54, 1.807) is 13.8 Å². The summed E-state index contributed by atoms with van der Waals surface area (Å²) < 4.78 is 42.1. The molecule has 0 aliphatic carbocycles. The van der Waals surface area contributed by atoms with E-state index < -0.39 is 11.7 Å². The smallest absolute Gasteiger partial charge is 0.416 e. The summed E-state index contributed by atoms with van der Waals surface area (Å²) in [5.41, 5.74) is -0.863. The lowest BCUT2D eigenvalue weighted by molar-refractivity contribution is -0.137. The molecule has 0 radical (unpaired) electrons. The first-order valence-corrected chi connectivity index (χ1v) is 4.58. The van der Waals surface area contributed by atoms with Crippen molar-refractivity contribution in [3.63, 3.8) is 0 Å². The van der Waals surface area contributed by atoms with Gasteiger partial charge in [-0.15, -0.1) is 0 Å². The molecule has 84 valence electrons. The minimum Gasteiger partial charge on any atom is -0.475 e. The molecule has 0 fully saturated rings. The molecule has 0 aliphatic heterocycles. The third-order valence-electron chi connectivity index (χ3n) is 1.45. The van der Waals surface area contributed by atoms with Crippen molar-refractivity contribution < 1.29 is 17.9 Å². The van der Waals surface area contributed by atoms with Gasteiger partial charge in [0.15, 0.2) is 0 Å². The first kappa shape index (κ1) is 12.1. The zero-order valence-electron chi connectivity index (χ0n) is 8.10. The number of alkyl halides is 3. The molecule has 6 heteroatoms. The van der Waals surface area contributed by atoms with Gasteiger partial charge in [0.25, 0.3) is 0 Å². The van der Waals surface area contributed by atoms with Gasteiger partial charge >= 0.3 is 6.18 Å². The average Bonchev–Trinajstić information content (AvgIpc) is 1.99. The van der Waals surface area contributed by atoms with Crippen LogP contribution in [0.25, 0.3) is 0 Å². The molecule has 0 N–H and O–H groups in total. The lowest BCUT2D eigenvalue weighted by atomic mass is 10.2. The lowest BCUT2D eigenvalue weighted by Crippen LogP contribution is -2.10. The Bertz CT molecular complexity index is 352. The van der Waals surface area contributed by atoms with Gasteiger partial charge < -0.3 is 4.74 Å². The zero-order valence-corrected chi connectivity index (χ0v) is 8.86. The van der Waals surface area contributed by atoms with Crippen LogP contribution in [0.2, 0.25) is 5.15 Å². The fourth-order valence-electron chi connectivity index (χ4n) is 0.938. The molecule has 15 heavy (non-hydrogen) atoms. The molecule has 1 rings (SSSR count). The minimum atomic E-state index is -4.44. The van der Waals surface area contributed by atoms with Crippen molar-refractivity contribution in [3.05, 3.63) is 22.8 Å². The van der Waals surface area contributed by atoms with Gasteiger partial charge in [0, 0.05) is 6.07 Å². The molecule has 0 aromatic carbocycles. The summed E-state index contributed by atoms with van der Waals surface area (Å²) in [5.74, 6) is -0.121. The highest BCUT2D eigenvalue weighted by Crippen LogP contribution is 2.32. The second-order valence-corrected chi connectivity index (χ2v) is 3.57. The van der Waals surface area contributed by atoms with Gasteiger partial charge in [-0.05, 0) is 19.9 Å². The van der Waals surface area contributed by atoms with Crippen molar-refractivity contribution >= 4 is 11.6 Å². The molecule has 0 saturated carbocycles. The summed E-state index contributed by atoms with van der Waals surface area (Å²) in [7, 11) is 0. The summed E-state index contributed by atoms with van der Waals surface area (Å²) >= 11 is 5.45. The van der Waals surface area contributed by atoms with Crippen LogP contribution < -0.4 is 4.74 Å². The fourth-order valence-corrected chi connectivity index (χ4v) is 1.14. The molecule has 0 aliphatic rings. The Balaban J connectivity index is 3.06. The summed E-state index contributed by atoms with van der Waals surface area (Å²) in [6.45, 7) is 3.38. The number of pyridine rings is 1. The van der Waals surface area contributed by atoms with E-state index >= 15 is 0 Å². The van der Waals surface area contributed by atoms with Gasteiger partial charge in [0.05, 0.1) is 11.7 Å². The van der Waals surface area contributed by atoms with Crippen LogP contribution in [-0.2, 0) is 6.18 Å². The molecular formula is C9H9ClF3NO. The van der Waals surface area contributed by atoms with Gasteiger partial charge in [-0.3, -0.25) is 0 Å². The summed E-state index contributed by atoms with van der Waals surface area (Å²) in [5, 5.41) is -0.236. The van der Waals surface area contributed by atoms with Crippen LogP contribution in [0.3, 0.4) is 0 Å². The Labute approximate surface area is 90.0 Å². The van der Waals surface area contributed by atoms with Gasteiger partial charge in [-0.1, -0.05) is 11.6 Å². The fraction of sp³-hybridized carbons (Fsp3) is 0.444. The Morgan fingerprint density at radius 3 is 2.40 bits per heavy atom. The number of nitrogens with zero attached hydrogens (tertiary/aromatic N) is 1. The quantitative estimate of drug-likeness (QED) is 0.737. The molecule has 1 heterocycles. The maximum Gasteiger partial charge on any atom is 0.416 e. The molecule has 0 bridgehead atoms. The average molecular weight is 240 g/mol. The van der Waals surface area contributed by atoms with E-state index in [1.807, 2.05) is 0 Å². The van der Waals surface area contributed by atoms with Crippen molar-refractivity contribution in [2.45, 2.75) is 26.1 Å². The molecule has 0 saturated heterocycles. The van der Waals surface area contributed by atoms with E-state index in [4.69, 9.17) is 16.3 Å². The highest BCUT2D eigenvalue weighted by molar-refractivity contribution is 6.29. The Hall–Kier alpha value is -0.970. The van der Waals surface area contributed by atoms with Crippen LogP contribution >= 0.6 is 11.6 Å². The molecule has 0 atom stereocenters. The summed E-state index contributed by atoms with van der Waals surface area (Å²) in [6.07, 6.45) is -4.70. The Morgan fingerprint density at radius 2 is 1.93 bits per heavy atom. The van der Waals surface area contributed by atoms with Crippen LogP contribution in [0.1, 0.15) is 19.4 Å². The van der Waals surface area contributed by atoms with Gasteiger partial charge in [0.1, 0.15) is 5.15 Å². The maximum absolute atomic E-state index is 12.3. The Kier molecular flexibility index (Phi) is 3.44. The first-order valence-electron chi connectivity index (χ1n) is 4.20. The van der Waals surface area contributed by atoms with Crippen molar-refractivity contribution in [1.29, 1.82) is 0 Å². The predicted molar refractivity (Wildman–Crippen MR) is 50.0 cm³/mol. The number of ether oxygens (including phenoxy) is 1. The van der Waals surface area contributed by atoms with Gasteiger partial charge in [-0.2, -0.15) is 13.2 Å². The second kappa shape index (κ2) is 4.26. The molecule has 0 amide bonds. The van der Waals surface area contributed by atoms with Gasteiger partial charge in [0.2, 0.25) is 5.88 Å². The normalized spacial score (nSPS) is 11.9. The van der Waals surface area contributed by atoms with Crippen molar-refractivity contribution in [1.82, 2.24) is 4.98 Å². The molecule has 2 nitrogen and oxygen atoms in total. The highest BCUT2D eigenvalue weighted by atomic mass is 35.5. The van der Waals surface area contributed by atoms with Crippen LogP contribution in [-0.4, -0.2) is 11.1 Å². The first-order chi connectivity index (χ1) is 6.79.